The first-order valence-electron chi connectivity index (χ1n) is 5.70. The Bertz CT molecular complexity index is 582. The highest BCUT2D eigenvalue weighted by Crippen LogP contribution is 2.14. The van der Waals surface area contributed by atoms with Crippen LogP contribution in [-0.4, -0.2) is 15.9 Å². The van der Waals surface area contributed by atoms with Gasteiger partial charge in [0.05, 0.1) is 11.9 Å². The summed E-state index contributed by atoms with van der Waals surface area (Å²) in [5.74, 6) is 0.269. The Balaban J connectivity index is 2.00. The van der Waals surface area contributed by atoms with Crippen molar-refractivity contribution in [3.05, 3.63) is 59.7 Å². The van der Waals surface area contributed by atoms with E-state index in [9.17, 15) is 4.39 Å². The van der Waals surface area contributed by atoms with Crippen LogP contribution in [-0.2, 0) is 6.61 Å². The van der Waals surface area contributed by atoms with E-state index in [-0.39, 0.29) is 12.4 Å². The summed E-state index contributed by atoms with van der Waals surface area (Å²) >= 11 is 0. The van der Waals surface area contributed by atoms with Gasteiger partial charge < -0.3 is 9.94 Å². The molecule has 0 fully saturated rings. The summed E-state index contributed by atoms with van der Waals surface area (Å²) in [6.07, 6.45) is 2.70. The molecule has 0 amide bonds. The van der Waals surface area contributed by atoms with Gasteiger partial charge in [0.1, 0.15) is 18.2 Å². The molecule has 19 heavy (non-hydrogen) atoms. The second-order valence-corrected chi connectivity index (χ2v) is 4.01. The molecule has 2 rings (SSSR count). The number of nitrogens with zero attached hydrogens (tertiary/aromatic N) is 2. The van der Waals surface area contributed by atoms with Gasteiger partial charge in [-0.05, 0) is 42.8 Å². The molecule has 0 atom stereocenters. The molecule has 0 saturated heterocycles. The first-order chi connectivity index (χ1) is 9.19. The number of oxime groups is 1. The highest BCUT2D eigenvalue weighted by atomic mass is 19.1. The summed E-state index contributed by atoms with van der Waals surface area (Å²) in [6, 6.07) is 8.47. The lowest BCUT2D eigenvalue weighted by Crippen LogP contribution is -1.98. The fourth-order valence-electron chi connectivity index (χ4n) is 1.55. The Morgan fingerprint density at radius 3 is 2.68 bits per heavy atom. The van der Waals surface area contributed by atoms with Crippen LogP contribution < -0.4 is 4.74 Å². The van der Waals surface area contributed by atoms with Crippen molar-refractivity contribution < 1.29 is 14.3 Å². The zero-order valence-corrected chi connectivity index (χ0v) is 10.4. The normalized spacial score (nSPS) is 11.4. The van der Waals surface area contributed by atoms with Gasteiger partial charge in [0.2, 0.25) is 0 Å². The van der Waals surface area contributed by atoms with E-state index < -0.39 is 0 Å². The van der Waals surface area contributed by atoms with Crippen LogP contribution in [0.3, 0.4) is 0 Å². The van der Waals surface area contributed by atoms with Crippen molar-refractivity contribution in [3.63, 3.8) is 0 Å². The zero-order valence-electron chi connectivity index (χ0n) is 10.4. The number of aromatic nitrogens is 1. The standard InChI is InChI=1S/C14H13FN2O2/c1-10(17-18)12-2-4-14(5-3-12)19-9-11-6-13(15)8-16-7-11/h2-8,18H,9H2,1H3/b17-10-. The first-order valence-corrected chi connectivity index (χ1v) is 5.70. The van der Waals surface area contributed by atoms with Crippen molar-refractivity contribution in [2.45, 2.75) is 13.5 Å². The Kier molecular flexibility index (Phi) is 4.07. The Morgan fingerprint density at radius 2 is 2.05 bits per heavy atom. The minimum Gasteiger partial charge on any atom is -0.489 e. The maximum absolute atomic E-state index is 12.9. The van der Waals surface area contributed by atoms with Gasteiger partial charge >= 0.3 is 0 Å². The van der Waals surface area contributed by atoms with Crippen molar-refractivity contribution in [1.82, 2.24) is 4.98 Å². The maximum Gasteiger partial charge on any atom is 0.141 e. The molecule has 4 nitrogen and oxygen atoms in total. The summed E-state index contributed by atoms with van der Waals surface area (Å²) in [4.78, 5) is 3.75. The van der Waals surface area contributed by atoms with E-state index in [1.54, 1.807) is 37.4 Å². The van der Waals surface area contributed by atoms with E-state index in [0.717, 1.165) is 11.8 Å². The van der Waals surface area contributed by atoms with E-state index in [1.165, 1.54) is 6.07 Å². The van der Waals surface area contributed by atoms with Crippen LogP contribution in [0.2, 0.25) is 0 Å². The van der Waals surface area contributed by atoms with Gasteiger partial charge in [-0.3, -0.25) is 4.98 Å². The van der Waals surface area contributed by atoms with Crippen molar-refractivity contribution in [2.75, 3.05) is 0 Å². The molecule has 0 aliphatic rings. The first kappa shape index (κ1) is 13.0. The van der Waals surface area contributed by atoms with Gasteiger partial charge in [-0.25, -0.2) is 4.39 Å². The molecule has 2 aromatic rings. The molecule has 0 bridgehead atoms. The Morgan fingerprint density at radius 1 is 1.32 bits per heavy atom. The highest BCUT2D eigenvalue weighted by Gasteiger charge is 2.01. The molecule has 0 saturated carbocycles. The van der Waals surface area contributed by atoms with Crippen LogP contribution in [0.1, 0.15) is 18.1 Å². The quantitative estimate of drug-likeness (QED) is 0.522. The maximum atomic E-state index is 12.9. The van der Waals surface area contributed by atoms with Crippen LogP contribution in [0.4, 0.5) is 4.39 Å². The van der Waals surface area contributed by atoms with Crippen LogP contribution in [0.5, 0.6) is 5.75 Å². The molecule has 1 N–H and O–H groups in total. The summed E-state index contributed by atoms with van der Waals surface area (Å²) in [5.41, 5.74) is 2.00. The number of pyridine rings is 1. The molecule has 1 aromatic carbocycles. The lowest BCUT2D eigenvalue weighted by atomic mass is 10.1. The average molecular weight is 260 g/mol. The smallest absolute Gasteiger partial charge is 0.141 e. The van der Waals surface area contributed by atoms with Crippen LogP contribution >= 0.6 is 0 Å². The predicted octanol–water partition coefficient (Wildman–Crippen LogP) is 3.00. The van der Waals surface area contributed by atoms with Gasteiger partial charge in [0, 0.05) is 11.8 Å². The van der Waals surface area contributed by atoms with Crippen molar-refractivity contribution >= 4 is 5.71 Å². The Labute approximate surface area is 110 Å². The van der Waals surface area contributed by atoms with E-state index in [2.05, 4.69) is 10.1 Å². The number of benzene rings is 1. The molecule has 0 aliphatic carbocycles. The Hall–Kier alpha value is -2.43. The van der Waals surface area contributed by atoms with Crippen LogP contribution in [0, 0.1) is 5.82 Å². The summed E-state index contributed by atoms with van der Waals surface area (Å²) in [5, 5.41) is 11.8. The van der Waals surface area contributed by atoms with Gasteiger partial charge in [-0.1, -0.05) is 5.16 Å². The molecule has 0 radical (unpaired) electrons. The third-order valence-electron chi connectivity index (χ3n) is 2.59. The number of hydrogen-bond acceptors (Lipinski definition) is 4. The number of rotatable bonds is 4. The summed E-state index contributed by atoms with van der Waals surface area (Å²) < 4.78 is 18.4. The van der Waals surface area contributed by atoms with Crippen LogP contribution in [0.25, 0.3) is 0 Å². The monoisotopic (exact) mass is 260 g/mol. The van der Waals surface area contributed by atoms with Gasteiger partial charge in [-0.15, -0.1) is 0 Å². The van der Waals surface area contributed by atoms with E-state index in [1.807, 2.05) is 0 Å². The molecule has 0 unspecified atom stereocenters. The molecule has 0 aliphatic heterocycles. The minimum atomic E-state index is -0.383. The van der Waals surface area contributed by atoms with Crippen molar-refractivity contribution in [1.29, 1.82) is 0 Å². The van der Waals surface area contributed by atoms with Gasteiger partial charge in [-0.2, -0.15) is 0 Å². The fraction of sp³-hybridized carbons (Fsp3) is 0.143. The van der Waals surface area contributed by atoms with E-state index in [4.69, 9.17) is 9.94 Å². The highest BCUT2D eigenvalue weighted by molar-refractivity contribution is 5.98. The number of hydrogen-bond donors (Lipinski definition) is 1. The SMILES string of the molecule is C/C(=N/O)c1ccc(OCc2cncc(F)c2)cc1. The third kappa shape index (κ3) is 3.51. The largest absolute Gasteiger partial charge is 0.489 e. The van der Waals surface area contributed by atoms with E-state index in [0.29, 0.717) is 17.0 Å². The number of ether oxygens (including phenoxy) is 1. The topological polar surface area (TPSA) is 54.7 Å². The summed E-state index contributed by atoms with van der Waals surface area (Å²) in [6.45, 7) is 1.95. The van der Waals surface area contributed by atoms with Gasteiger partial charge in [0.25, 0.3) is 0 Å². The second kappa shape index (κ2) is 5.95. The third-order valence-corrected chi connectivity index (χ3v) is 2.59. The molecular formula is C14H13FN2O2. The summed E-state index contributed by atoms with van der Waals surface area (Å²) in [7, 11) is 0. The molecule has 5 heteroatoms. The zero-order chi connectivity index (χ0) is 13.7. The fourth-order valence-corrected chi connectivity index (χ4v) is 1.55. The molecule has 1 aromatic heterocycles. The molecule has 0 spiro atoms. The molecule has 98 valence electrons. The van der Waals surface area contributed by atoms with Crippen LogP contribution in [0.15, 0.2) is 47.9 Å². The predicted molar refractivity (Wildman–Crippen MR) is 69.0 cm³/mol. The number of halogens is 1. The van der Waals surface area contributed by atoms with Crippen molar-refractivity contribution in [2.24, 2.45) is 5.16 Å². The molecular weight excluding hydrogens is 247 g/mol. The van der Waals surface area contributed by atoms with Crippen molar-refractivity contribution in [3.8, 4) is 5.75 Å². The minimum absolute atomic E-state index is 0.247. The van der Waals surface area contributed by atoms with E-state index >= 15 is 0 Å². The molecule has 1 heterocycles. The van der Waals surface area contributed by atoms with Gasteiger partial charge in [0.15, 0.2) is 0 Å². The lowest BCUT2D eigenvalue weighted by molar-refractivity contribution is 0.305. The lowest BCUT2D eigenvalue weighted by Gasteiger charge is -2.07. The average Bonchev–Trinajstić information content (AvgIpc) is 2.45. The second-order valence-electron chi connectivity index (χ2n) is 4.01.